The number of carbonyl (C=O) groups is 2. The summed E-state index contributed by atoms with van der Waals surface area (Å²) in [5, 5.41) is 2.19. The van der Waals surface area contributed by atoms with Gasteiger partial charge in [-0.2, -0.15) is 0 Å². The molecule has 2 rings (SSSR count). The van der Waals surface area contributed by atoms with Gasteiger partial charge >= 0.3 is 0 Å². The van der Waals surface area contributed by atoms with Crippen molar-refractivity contribution in [3.63, 3.8) is 0 Å². The first-order valence-electron chi connectivity index (χ1n) is 5.63. The normalized spacial score (nSPS) is 20.4. The van der Waals surface area contributed by atoms with E-state index in [1.807, 2.05) is 0 Å². The molecular formula is C11H14FN3O2S. The third-order valence-electron chi connectivity index (χ3n) is 3.02. The maximum Gasteiger partial charge on any atom is 0.282 e. The van der Waals surface area contributed by atoms with Crippen LogP contribution < -0.4 is 0 Å². The van der Waals surface area contributed by atoms with Crippen molar-refractivity contribution in [2.24, 2.45) is 0 Å². The van der Waals surface area contributed by atoms with Crippen LogP contribution in [0.2, 0.25) is 0 Å². The summed E-state index contributed by atoms with van der Waals surface area (Å²) in [4.78, 5) is 29.6. The lowest BCUT2D eigenvalue weighted by atomic mass is 10.2. The highest BCUT2D eigenvalue weighted by Gasteiger charge is 2.35. The molecule has 0 spiro atoms. The van der Waals surface area contributed by atoms with Crippen molar-refractivity contribution < 1.29 is 14.0 Å². The van der Waals surface area contributed by atoms with Gasteiger partial charge < -0.3 is 4.90 Å². The average molecular weight is 271 g/mol. The van der Waals surface area contributed by atoms with Crippen LogP contribution in [-0.2, 0) is 4.79 Å². The van der Waals surface area contributed by atoms with E-state index in [0.717, 1.165) is 0 Å². The van der Waals surface area contributed by atoms with E-state index in [1.54, 1.807) is 16.5 Å². The van der Waals surface area contributed by atoms with Crippen LogP contribution in [0.3, 0.4) is 0 Å². The third kappa shape index (κ3) is 2.56. The second-order valence-corrected chi connectivity index (χ2v) is 5.15. The predicted octanol–water partition coefficient (Wildman–Crippen LogP) is 0.785. The van der Waals surface area contributed by atoms with Crippen LogP contribution in [-0.4, -0.2) is 58.9 Å². The summed E-state index contributed by atoms with van der Waals surface area (Å²) in [7, 11) is 0. The van der Waals surface area contributed by atoms with Gasteiger partial charge in [-0.1, -0.05) is 0 Å². The molecule has 1 aliphatic rings. The molecule has 0 aliphatic carbocycles. The molecule has 1 atom stereocenters. The van der Waals surface area contributed by atoms with Crippen LogP contribution in [0.15, 0.2) is 11.6 Å². The fourth-order valence-electron chi connectivity index (χ4n) is 1.89. The van der Waals surface area contributed by atoms with Gasteiger partial charge in [0.25, 0.3) is 5.91 Å². The van der Waals surface area contributed by atoms with Crippen LogP contribution in [0, 0.1) is 0 Å². The molecule has 1 aromatic rings. The maximum absolute atomic E-state index is 13.8. The Hall–Kier alpha value is -1.34. The van der Waals surface area contributed by atoms with Gasteiger partial charge in [0.15, 0.2) is 11.3 Å². The van der Waals surface area contributed by atoms with Gasteiger partial charge in [0.2, 0.25) is 5.79 Å². The van der Waals surface area contributed by atoms with E-state index in [1.165, 1.54) is 23.2 Å². The Bertz CT molecular complexity index is 428. The first-order chi connectivity index (χ1) is 8.54. The molecule has 0 aromatic carbocycles. The second kappa shape index (κ2) is 5.11. The first kappa shape index (κ1) is 13.1. The summed E-state index contributed by atoms with van der Waals surface area (Å²) in [6.45, 7) is 2.75. The Morgan fingerprint density at radius 1 is 1.50 bits per heavy atom. The number of nitrogens with zero attached hydrogens (tertiary/aromatic N) is 3. The Morgan fingerprint density at radius 3 is 2.67 bits per heavy atom. The highest BCUT2D eigenvalue weighted by molar-refractivity contribution is 7.11. The predicted molar refractivity (Wildman–Crippen MR) is 65.2 cm³/mol. The fourth-order valence-corrected chi connectivity index (χ4v) is 2.49. The number of piperazine rings is 1. The number of rotatable bonds is 3. The molecule has 98 valence electrons. The number of thiazole rings is 1. The Morgan fingerprint density at radius 2 is 2.17 bits per heavy atom. The lowest BCUT2D eigenvalue weighted by Crippen LogP contribution is -2.55. The largest absolute Gasteiger partial charge is 0.334 e. The van der Waals surface area contributed by atoms with Crippen LogP contribution in [0.5, 0.6) is 0 Å². The summed E-state index contributed by atoms with van der Waals surface area (Å²) in [5.41, 5.74) is 0. The molecule has 18 heavy (non-hydrogen) atoms. The molecule has 0 N–H and O–H groups in total. The Kier molecular flexibility index (Phi) is 3.72. The minimum Gasteiger partial charge on any atom is -0.334 e. The van der Waals surface area contributed by atoms with E-state index in [9.17, 15) is 14.0 Å². The number of carbonyl (C=O) groups excluding carboxylic acids is 2. The summed E-state index contributed by atoms with van der Waals surface area (Å²) < 4.78 is 13.8. The smallest absolute Gasteiger partial charge is 0.282 e. The molecule has 1 saturated heterocycles. The topological polar surface area (TPSA) is 53.5 Å². The monoisotopic (exact) mass is 271 g/mol. The number of amides is 1. The molecule has 1 aliphatic heterocycles. The van der Waals surface area contributed by atoms with E-state index in [-0.39, 0.29) is 5.91 Å². The molecule has 2 heterocycles. The molecule has 1 unspecified atom stereocenters. The molecule has 7 heteroatoms. The van der Waals surface area contributed by atoms with Crippen molar-refractivity contribution in [2.45, 2.75) is 12.7 Å². The van der Waals surface area contributed by atoms with E-state index in [4.69, 9.17) is 0 Å². The second-order valence-electron chi connectivity index (χ2n) is 4.26. The molecule has 0 bridgehead atoms. The van der Waals surface area contributed by atoms with Crippen LogP contribution in [0.1, 0.15) is 16.7 Å². The van der Waals surface area contributed by atoms with E-state index in [0.29, 0.717) is 37.5 Å². The highest BCUT2D eigenvalue weighted by atomic mass is 32.1. The molecule has 1 fully saturated rings. The molecule has 1 aromatic heterocycles. The fraction of sp³-hybridized carbons (Fsp3) is 0.545. The zero-order valence-electron chi connectivity index (χ0n) is 10.0. The first-order valence-corrected chi connectivity index (χ1v) is 6.51. The summed E-state index contributed by atoms with van der Waals surface area (Å²) in [6.07, 6.45) is 1.88. The van der Waals surface area contributed by atoms with Crippen LogP contribution >= 0.6 is 11.3 Å². The summed E-state index contributed by atoms with van der Waals surface area (Å²) in [5.74, 6) is -2.08. The molecule has 0 radical (unpaired) electrons. The summed E-state index contributed by atoms with van der Waals surface area (Å²) in [6, 6.07) is 0. The van der Waals surface area contributed by atoms with Crippen molar-refractivity contribution in [3.8, 4) is 0 Å². The minimum atomic E-state index is -1.95. The van der Waals surface area contributed by atoms with Gasteiger partial charge in [-0.05, 0) is 6.92 Å². The number of hydrogen-bond donors (Lipinski definition) is 0. The Labute approximate surface area is 108 Å². The van der Waals surface area contributed by atoms with Crippen molar-refractivity contribution in [1.82, 2.24) is 14.8 Å². The minimum absolute atomic E-state index is 0.128. The third-order valence-corrected chi connectivity index (χ3v) is 3.78. The quantitative estimate of drug-likeness (QED) is 0.602. The van der Waals surface area contributed by atoms with Gasteiger partial charge in [0.05, 0.1) is 0 Å². The van der Waals surface area contributed by atoms with Crippen molar-refractivity contribution in [1.29, 1.82) is 0 Å². The zero-order chi connectivity index (χ0) is 13.2. The maximum atomic E-state index is 13.8. The highest BCUT2D eigenvalue weighted by Crippen LogP contribution is 2.18. The van der Waals surface area contributed by atoms with Gasteiger partial charge in [-0.25, -0.2) is 9.37 Å². The van der Waals surface area contributed by atoms with E-state index in [2.05, 4.69) is 4.98 Å². The van der Waals surface area contributed by atoms with E-state index < -0.39 is 5.79 Å². The summed E-state index contributed by atoms with van der Waals surface area (Å²) >= 11 is 1.29. The molecule has 0 saturated carbocycles. The van der Waals surface area contributed by atoms with Gasteiger partial charge in [-0.3, -0.25) is 14.5 Å². The number of aldehydes is 1. The van der Waals surface area contributed by atoms with Crippen LogP contribution in [0.4, 0.5) is 4.39 Å². The number of alkyl halides is 1. The van der Waals surface area contributed by atoms with Crippen molar-refractivity contribution in [3.05, 3.63) is 16.6 Å². The Balaban J connectivity index is 1.95. The van der Waals surface area contributed by atoms with Crippen molar-refractivity contribution >= 4 is 23.5 Å². The lowest BCUT2D eigenvalue weighted by Gasteiger charge is -2.38. The molecule has 1 amide bonds. The molecular weight excluding hydrogens is 257 g/mol. The zero-order valence-corrected chi connectivity index (χ0v) is 10.8. The van der Waals surface area contributed by atoms with Crippen LogP contribution in [0.25, 0.3) is 0 Å². The van der Waals surface area contributed by atoms with Crippen molar-refractivity contribution in [2.75, 3.05) is 26.2 Å². The number of hydrogen-bond acceptors (Lipinski definition) is 5. The van der Waals surface area contributed by atoms with Gasteiger partial charge in [-0.15, -0.1) is 11.3 Å². The number of aromatic nitrogens is 1. The lowest BCUT2D eigenvalue weighted by molar-refractivity contribution is -0.131. The van der Waals surface area contributed by atoms with Gasteiger partial charge in [0, 0.05) is 37.8 Å². The number of halogens is 1. The van der Waals surface area contributed by atoms with Gasteiger partial charge in [0.1, 0.15) is 0 Å². The standard InChI is InChI=1S/C11H14FN3O2S/c1-11(12,8-16)15-5-3-14(4-6-15)10(17)9-13-2-7-18-9/h2,7-8H,3-6H2,1H3. The average Bonchev–Trinajstić information content (AvgIpc) is 2.92. The van der Waals surface area contributed by atoms with E-state index >= 15 is 0 Å². The molecule has 5 nitrogen and oxygen atoms in total. The SMILES string of the molecule is CC(F)(C=O)N1CCN(C(=O)c2nccs2)CC1.